The number of nitrogens with one attached hydrogen (secondary N) is 1. The molecule has 0 saturated heterocycles. The molecule has 1 aliphatic carbocycles. The molecule has 1 fully saturated rings. The number of aromatic nitrogens is 1. The van der Waals surface area contributed by atoms with Crippen LogP contribution in [0, 0.1) is 13.8 Å². The van der Waals surface area contributed by atoms with E-state index in [0.29, 0.717) is 6.04 Å². The minimum Gasteiger partial charge on any atom is -0.349 e. The molecule has 3 nitrogen and oxygen atoms in total. The Bertz CT molecular complexity index is 982. The third kappa shape index (κ3) is 3.61. The molecule has 0 unspecified atom stereocenters. The van der Waals surface area contributed by atoms with Crippen molar-refractivity contribution in [1.82, 2.24) is 9.88 Å². The van der Waals surface area contributed by atoms with Gasteiger partial charge in [0, 0.05) is 39.8 Å². The first-order chi connectivity index (χ1) is 13.0. The van der Waals surface area contributed by atoms with E-state index in [2.05, 4.69) is 41.9 Å². The Kier molecular flexibility index (Phi) is 4.96. The molecule has 4 rings (SSSR count). The van der Waals surface area contributed by atoms with E-state index in [0.717, 1.165) is 40.9 Å². The molecule has 1 aliphatic rings. The standard InChI is InChI=1S/C23H25ClN2O/c1-15-16(2)26(14-17-7-10-19(24)11-8-17)22-12-9-18(13-21(15)22)23(27)25-20-5-3-4-6-20/h7-13,20H,3-6,14H2,1-2H3,(H,25,27). The van der Waals surface area contributed by atoms with Crippen LogP contribution in [-0.4, -0.2) is 16.5 Å². The van der Waals surface area contributed by atoms with Gasteiger partial charge in [0.05, 0.1) is 0 Å². The van der Waals surface area contributed by atoms with Gasteiger partial charge in [-0.2, -0.15) is 0 Å². The fourth-order valence-electron chi connectivity index (χ4n) is 4.11. The van der Waals surface area contributed by atoms with E-state index in [1.165, 1.54) is 29.7 Å². The summed E-state index contributed by atoms with van der Waals surface area (Å²) in [7, 11) is 0. The van der Waals surface area contributed by atoms with Gasteiger partial charge in [-0.05, 0) is 68.1 Å². The van der Waals surface area contributed by atoms with Gasteiger partial charge in [-0.15, -0.1) is 0 Å². The summed E-state index contributed by atoms with van der Waals surface area (Å²) in [6, 6.07) is 14.4. The van der Waals surface area contributed by atoms with E-state index >= 15 is 0 Å². The van der Waals surface area contributed by atoms with E-state index in [4.69, 9.17) is 11.6 Å². The molecule has 140 valence electrons. The van der Waals surface area contributed by atoms with Crippen LogP contribution in [0.3, 0.4) is 0 Å². The van der Waals surface area contributed by atoms with Crippen LogP contribution in [0.15, 0.2) is 42.5 Å². The maximum absolute atomic E-state index is 12.6. The highest BCUT2D eigenvalue weighted by Crippen LogP contribution is 2.28. The number of aryl methyl sites for hydroxylation is 1. The molecule has 1 amide bonds. The average molecular weight is 381 g/mol. The van der Waals surface area contributed by atoms with Gasteiger partial charge in [-0.1, -0.05) is 36.6 Å². The monoisotopic (exact) mass is 380 g/mol. The predicted octanol–water partition coefficient (Wildman–Crippen LogP) is 5.63. The first-order valence-corrected chi connectivity index (χ1v) is 10.1. The highest BCUT2D eigenvalue weighted by Gasteiger charge is 2.19. The number of rotatable bonds is 4. The molecule has 0 atom stereocenters. The molecule has 0 bridgehead atoms. The minimum atomic E-state index is 0.0475. The second-order valence-corrected chi connectivity index (χ2v) is 8.05. The molecule has 27 heavy (non-hydrogen) atoms. The summed E-state index contributed by atoms with van der Waals surface area (Å²) < 4.78 is 2.31. The summed E-state index contributed by atoms with van der Waals surface area (Å²) in [6.45, 7) is 5.07. The van der Waals surface area contributed by atoms with Crippen LogP contribution in [0.1, 0.15) is 52.9 Å². The van der Waals surface area contributed by atoms with Crippen molar-refractivity contribution in [3.05, 3.63) is 69.9 Å². The molecule has 2 aromatic carbocycles. The number of hydrogen-bond acceptors (Lipinski definition) is 1. The molecule has 1 saturated carbocycles. The van der Waals surface area contributed by atoms with Crippen LogP contribution >= 0.6 is 11.6 Å². The lowest BCUT2D eigenvalue weighted by atomic mass is 10.1. The number of hydrogen-bond donors (Lipinski definition) is 1. The van der Waals surface area contributed by atoms with E-state index in [9.17, 15) is 4.79 Å². The molecule has 0 spiro atoms. The molecular formula is C23H25ClN2O. The summed E-state index contributed by atoms with van der Waals surface area (Å²) in [5, 5.41) is 5.09. The highest BCUT2D eigenvalue weighted by atomic mass is 35.5. The fraction of sp³-hybridized carbons (Fsp3) is 0.348. The lowest BCUT2D eigenvalue weighted by Gasteiger charge is -2.12. The number of benzene rings is 2. The second kappa shape index (κ2) is 7.40. The third-order valence-corrected chi connectivity index (χ3v) is 6.10. The first-order valence-electron chi connectivity index (χ1n) is 9.67. The summed E-state index contributed by atoms with van der Waals surface area (Å²) in [4.78, 5) is 12.6. The van der Waals surface area contributed by atoms with Crippen LogP contribution in [0.25, 0.3) is 10.9 Å². The van der Waals surface area contributed by atoms with Gasteiger partial charge < -0.3 is 9.88 Å². The van der Waals surface area contributed by atoms with Gasteiger partial charge in [-0.3, -0.25) is 4.79 Å². The van der Waals surface area contributed by atoms with Crippen LogP contribution in [0.5, 0.6) is 0 Å². The summed E-state index contributed by atoms with van der Waals surface area (Å²) in [5.74, 6) is 0.0475. The molecule has 1 heterocycles. The first kappa shape index (κ1) is 18.1. The highest BCUT2D eigenvalue weighted by molar-refractivity contribution is 6.30. The van der Waals surface area contributed by atoms with Gasteiger partial charge in [0.2, 0.25) is 0 Å². The summed E-state index contributed by atoms with van der Waals surface area (Å²) in [5.41, 5.74) is 5.59. The van der Waals surface area contributed by atoms with E-state index in [1.807, 2.05) is 24.3 Å². The molecule has 3 aromatic rings. The van der Waals surface area contributed by atoms with Crippen molar-refractivity contribution < 1.29 is 4.79 Å². The Morgan fingerprint density at radius 2 is 1.81 bits per heavy atom. The smallest absolute Gasteiger partial charge is 0.251 e. The zero-order chi connectivity index (χ0) is 19.0. The van der Waals surface area contributed by atoms with Crippen molar-refractivity contribution in [1.29, 1.82) is 0 Å². The van der Waals surface area contributed by atoms with Gasteiger partial charge in [0.1, 0.15) is 0 Å². The average Bonchev–Trinajstić information content (AvgIpc) is 3.26. The number of carbonyl (C=O) groups excluding carboxylic acids is 1. The Morgan fingerprint density at radius 3 is 2.52 bits per heavy atom. The third-order valence-electron chi connectivity index (χ3n) is 5.85. The fourth-order valence-corrected chi connectivity index (χ4v) is 4.23. The molecule has 0 aliphatic heterocycles. The van der Waals surface area contributed by atoms with Crippen molar-refractivity contribution in [3.8, 4) is 0 Å². The topological polar surface area (TPSA) is 34.0 Å². The molecule has 0 radical (unpaired) electrons. The maximum Gasteiger partial charge on any atom is 0.251 e. The zero-order valence-electron chi connectivity index (χ0n) is 15.9. The molecular weight excluding hydrogens is 356 g/mol. The van der Waals surface area contributed by atoms with Gasteiger partial charge in [0.15, 0.2) is 0 Å². The summed E-state index contributed by atoms with van der Waals surface area (Å²) in [6.07, 6.45) is 4.64. The lowest BCUT2D eigenvalue weighted by Crippen LogP contribution is -2.32. The minimum absolute atomic E-state index is 0.0475. The number of fused-ring (bicyclic) bond motifs is 1. The SMILES string of the molecule is Cc1c(C)n(Cc2ccc(Cl)cc2)c2ccc(C(=O)NC3CCCC3)cc12. The van der Waals surface area contributed by atoms with E-state index in [1.54, 1.807) is 0 Å². The van der Waals surface area contributed by atoms with Crippen molar-refractivity contribution in [2.75, 3.05) is 0 Å². The second-order valence-electron chi connectivity index (χ2n) is 7.61. The number of amides is 1. The Morgan fingerprint density at radius 1 is 1.11 bits per heavy atom. The van der Waals surface area contributed by atoms with E-state index < -0.39 is 0 Å². The Hall–Kier alpha value is -2.26. The number of carbonyl (C=O) groups is 1. The number of halogens is 1. The largest absolute Gasteiger partial charge is 0.349 e. The quantitative estimate of drug-likeness (QED) is 0.625. The Labute approximate surface area is 165 Å². The van der Waals surface area contributed by atoms with Gasteiger partial charge in [0.25, 0.3) is 5.91 Å². The van der Waals surface area contributed by atoms with Gasteiger partial charge in [-0.25, -0.2) is 0 Å². The van der Waals surface area contributed by atoms with Crippen LogP contribution in [0.2, 0.25) is 5.02 Å². The van der Waals surface area contributed by atoms with Crippen LogP contribution in [0.4, 0.5) is 0 Å². The Balaban J connectivity index is 1.65. The van der Waals surface area contributed by atoms with Crippen LogP contribution in [-0.2, 0) is 6.54 Å². The summed E-state index contributed by atoms with van der Waals surface area (Å²) >= 11 is 6.01. The normalized spacial score (nSPS) is 14.8. The lowest BCUT2D eigenvalue weighted by molar-refractivity contribution is 0.0938. The van der Waals surface area contributed by atoms with Crippen LogP contribution < -0.4 is 5.32 Å². The van der Waals surface area contributed by atoms with Crippen molar-refractivity contribution in [2.24, 2.45) is 0 Å². The van der Waals surface area contributed by atoms with E-state index in [-0.39, 0.29) is 5.91 Å². The predicted molar refractivity (Wildman–Crippen MR) is 112 cm³/mol. The molecule has 1 N–H and O–H groups in total. The van der Waals surface area contributed by atoms with Crippen molar-refractivity contribution in [3.63, 3.8) is 0 Å². The van der Waals surface area contributed by atoms with Gasteiger partial charge >= 0.3 is 0 Å². The number of nitrogens with zero attached hydrogens (tertiary/aromatic N) is 1. The van der Waals surface area contributed by atoms with Crippen molar-refractivity contribution in [2.45, 2.75) is 52.1 Å². The zero-order valence-corrected chi connectivity index (χ0v) is 16.6. The maximum atomic E-state index is 12.6. The molecule has 4 heteroatoms. The van der Waals surface area contributed by atoms with Crippen molar-refractivity contribution >= 4 is 28.4 Å². The molecule has 1 aromatic heterocycles.